The van der Waals surface area contributed by atoms with Gasteiger partial charge in [-0.25, -0.2) is 12.7 Å². The Bertz CT molecular complexity index is 597. The Hall–Kier alpha value is -0.890. The highest BCUT2D eigenvalue weighted by molar-refractivity contribution is 7.89. The zero-order valence-corrected chi connectivity index (χ0v) is 15.0. The van der Waals surface area contributed by atoms with Gasteiger partial charge in [-0.05, 0) is 38.3 Å². The first-order valence-electron chi connectivity index (χ1n) is 8.29. The zero-order valence-electron chi connectivity index (χ0n) is 14.2. The molecule has 0 amide bonds. The van der Waals surface area contributed by atoms with Crippen molar-refractivity contribution in [2.45, 2.75) is 58.1 Å². The Kier molecular flexibility index (Phi) is 6.25. The molecule has 1 saturated heterocycles. The fourth-order valence-electron chi connectivity index (χ4n) is 3.04. The number of nitrogens with one attached hydrogen (secondary N) is 1. The van der Waals surface area contributed by atoms with Crippen LogP contribution in [-0.2, 0) is 23.2 Å². The van der Waals surface area contributed by atoms with Crippen LogP contribution in [-0.4, -0.2) is 42.2 Å². The molecule has 2 rings (SSSR count). The summed E-state index contributed by atoms with van der Waals surface area (Å²) in [5.74, 6) is 1.65. The Morgan fingerprint density at radius 2 is 2.09 bits per heavy atom. The third kappa shape index (κ3) is 4.35. The first kappa shape index (κ1) is 18.4. The molecule has 0 bridgehead atoms. The van der Waals surface area contributed by atoms with Crippen molar-refractivity contribution in [1.82, 2.24) is 9.62 Å². The van der Waals surface area contributed by atoms with E-state index in [1.807, 2.05) is 6.07 Å². The minimum Gasteiger partial charge on any atom is -0.462 e. The van der Waals surface area contributed by atoms with Crippen molar-refractivity contribution in [3.63, 3.8) is 0 Å². The maximum absolute atomic E-state index is 12.3. The van der Waals surface area contributed by atoms with E-state index in [2.05, 4.69) is 12.2 Å². The molecule has 0 aromatic carbocycles. The van der Waals surface area contributed by atoms with Crippen LogP contribution in [0.15, 0.2) is 16.5 Å². The molecule has 1 fully saturated rings. The first-order chi connectivity index (χ1) is 10.9. The number of aliphatic hydroxyl groups excluding tert-OH is 1. The quantitative estimate of drug-likeness (QED) is 0.787. The van der Waals surface area contributed by atoms with Gasteiger partial charge in [0.15, 0.2) is 0 Å². The summed E-state index contributed by atoms with van der Waals surface area (Å²) in [5, 5.41) is 12.1. The van der Waals surface area contributed by atoms with Crippen molar-refractivity contribution < 1.29 is 17.9 Å². The van der Waals surface area contributed by atoms with Gasteiger partial charge in [0.25, 0.3) is 0 Å². The van der Waals surface area contributed by atoms with Gasteiger partial charge in [0.2, 0.25) is 10.0 Å². The minimum atomic E-state index is -3.17. The van der Waals surface area contributed by atoms with Crippen molar-refractivity contribution in [2.24, 2.45) is 5.92 Å². The summed E-state index contributed by atoms with van der Waals surface area (Å²) in [7, 11) is -3.17. The van der Waals surface area contributed by atoms with E-state index >= 15 is 0 Å². The van der Waals surface area contributed by atoms with E-state index < -0.39 is 10.0 Å². The number of hydrogen-bond acceptors (Lipinski definition) is 5. The zero-order chi connectivity index (χ0) is 17.0. The number of rotatable bonds is 7. The van der Waals surface area contributed by atoms with Crippen LogP contribution in [0.25, 0.3) is 0 Å². The number of nitrogens with zero attached hydrogens (tertiary/aromatic N) is 1. The van der Waals surface area contributed by atoms with Gasteiger partial charge in [0.05, 0.1) is 11.8 Å². The molecule has 0 radical (unpaired) electrons. The summed E-state index contributed by atoms with van der Waals surface area (Å²) < 4.78 is 31.8. The molecular weight excluding hydrogens is 316 g/mol. The van der Waals surface area contributed by atoms with Crippen LogP contribution in [0.5, 0.6) is 0 Å². The SMILES string of the molecule is CC[C@H]1CN(S(=O)(=O)C(C)C)CC[C@H]1NCc1ccc(CO)o1. The molecule has 1 aromatic rings. The summed E-state index contributed by atoms with van der Waals surface area (Å²) in [6, 6.07) is 3.91. The molecule has 2 N–H and O–H groups in total. The third-order valence-corrected chi connectivity index (χ3v) is 6.83. The molecule has 0 aliphatic carbocycles. The largest absolute Gasteiger partial charge is 0.462 e. The van der Waals surface area contributed by atoms with Gasteiger partial charge in [-0.15, -0.1) is 0 Å². The standard InChI is InChI=1S/C16H28N2O4S/c1-4-13-10-18(23(20,21)12(2)3)8-7-16(13)17-9-14-5-6-15(11-19)22-14/h5-6,12-13,16-17,19H,4,7-11H2,1-3H3/t13-,16+/m0/s1. The Labute approximate surface area is 138 Å². The van der Waals surface area contributed by atoms with Crippen molar-refractivity contribution in [1.29, 1.82) is 0 Å². The lowest BCUT2D eigenvalue weighted by Gasteiger charge is -2.38. The molecule has 2 heterocycles. The maximum Gasteiger partial charge on any atom is 0.216 e. The van der Waals surface area contributed by atoms with E-state index in [1.165, 1.54) is 0 Å². The van der Waals surface area contributed by atoms with Crippen molar-refractivity contribution in [2.75, 3.05) is 13.1 Å². The summed E-state index contributed by atoms with van der Waals surface area (Å²) in [4.78, 5) is 0. The average Bonchev–Trinajstić information content (AvgIpc) is 3.00. The molecule has 1 aliphatic rings. The fourth-order valence-corrected chi connectivity index (χ4v) is 4.40. The average molecular weight is 344 g/mol. The second kappa shape index (κ2) is 7.79. The molecule has 132 valence electrons. The summed E-state index contributed by atoms with van der Waals surface area (Å²) >= 11 is 0. The second-order valence-corrected chi connectivity index (χ2v) is 8.91. The molecule has 7 heteroatoms. The number of aliphatic hydroxyl groups is 1. The molecule has 0 spiro atoms. The van der Waals surface area contributed by atoms with Gasteiger partial charge in [-0.3, -0.25) is 0 Å². The lowest BCUT2D eigenvalue weighted by atomic mass is 9.91. The van der Waals surface area contributed by atoms with Crippen molar-refractivity contribution in [3.05, 3.63) is 23.7 Å². The summed E-state index contributed by atoms with van der Waals surface area (Å²) in [6.07, 6.45) is 1.74. The van der Waals surface area contributed by atoms with Crippen LogP contribution in [0.4, 0.5) is 0 Å². The van der Waals surface area contributed by atoms with Crippen LogP contribution in [0.1, 0.15) is 45.1 Å². The number of piperidine rings is 1. The smallest absolute Gasteiger partial charge is 0.216 e. The van der Waals surface area contributed by atoms with Crippen LogP contribution in [0.2, 0.25) is 0 Å². The van der Waals surface area contributed by atoms with Crippen LogP contribution in [0, 0.1) is 5.92 Å². The van der Waals surface area contributed by atoms with E-state index in [4.69, 9.17) is 9.52 Å². The molecule has 0 saturated carbocycles. The van der Waals surface area contributed by atoms with E-state index in [0.29, 0.717) is 31.3 Å². The first-order valence-corrected chi connectivity index (χ1v) is 9.79. The van der Waals surface area contributed by atoms with E-state index in [0.717, 1.165) is 18.6 Å². The van der Waals surface area contributed by atoms with Crippen LogP contribution >= 0.6 is 0 Å². The maximum atomic E-state index is 12.3. The third-order valence-electron chi connectivity index (χ3n) is 4.59. The lowest BCUT2D eigenvalue weighted by Crippen LogP contribution is -2.51. The molecule has 2 atom stereocenters. The second-order valence-electron chi connectivity index (χ2n) is 6.42. The molecule has 1 aromatic heterocycles. The highest BCUT2D eigenvalue weighted by atomic mass is 32.2. The highest BCUT2D eigenvalue weighted by Gasteiger charge is 2.35. The van der Waals surface area contributed by atoms with Gasteiger partial charge in [-0.2, -0.15) is 0 Å². The predicted octanol–water partition coefficient (Wildman–Crippen LogP) is 1.70. The highest BCUT2D eigenvalue weighted by Crippen LogP contribution is 2.24. The fraction of sp³-hybridized carbons (Fsp3) is 0.750. The molecule has 1 aliphatic heterocycles. The van der Waals surface area contributed by atoms with E-state index in [1.54, 1.807) is 24.2 Å². The van der Waals surface area contributed by atoms with Gasteiger partial charge in [-0.1, -0.05) is 13.3 Å². The number of furan rings is 1. The summed E-state index contributed by atoms with van der Waals surface area (Å²) in [5.41, 5.74) is 0. The number of sulfonamides is 1. The predicted molar refractivity (Wildman–Crippen MR) is 89.3 cm³/mol. The minimum absolute atomic E-state index is 0.0942. The van der Waals surface area contributed by atoms with Crippen LogP contribution in [0.3, 0.4) is 0 Å². The Morgan fingerprint density at radius 1 is 1.39 bits per heavy atom. The lowest BCUT2D eigenvalue weighted by molar-refractivity contribution is 0.195. The Balaban J connectivity index is 1.94. The van der Waals surface area contributed by atoms with Crippen molar-refractivity contribution in [3.8, 4) is 0 Å². The van der Waals surface area contributed by atoms with Gasteiger partial charge < -0.3 is 14.8 Å². The monoisotopic (exact) mass is 344 g/mol. The Morgan fingerprint density at radius 3 is 2.65 bits per heavy atom. The van der Waals surface area contributed by atoms with Gasteiger partial charge in [0.1, 0.15) is 18.1 Å². The molecule has 23 heavy (non-hydrogen) atoms. The van der Waals surface area contributed by atoms with E-state index in [-0.39, 0.29) is 17.9 Å². The van der Waals surface area contributed by atoms with E-state index in [9.17, 15) is 8.42 Å². The summed E-state index contributed by atoms with van der Waals surface area (Å²) in [6.45, 7) is 7.21. The number of hydrogen-bond donors (Lipinski definition) is 2. The molecular formula is C16H28N2O4S. The molecule has 0 unspecified atom stereocenters. The molecule has 6 nitrogen and oxygen atoms in total. The van der Waals surface area contributed by atoms with Gasteiger partial charge >= 0.3 is 0 Å². The topological polar surface area (TPSA) is 82.8 Å². The van der Waals surface area contributed by atoms with Gasteiger partial charge in [0, 0.05) is 19.1 Å². The normalized spacial score (nSPS) is 23.5. The van der Waals surface area contributed by atoms with Crippen LogP contribution < -0.4 is 5.32 Å². The van der Waals surface area contributed by atoms with Crippen molar-refractivity contribution >= 4 is 10.0 Å².